The highest BCUT2D eigenvalue weighted by Crippen LogP contribution is 2.48. The van der Waals surface area contributed by atoms with Gasteiger partial charge in [-0.1, -0.05) is 133 Å². The summed E-state index contributed by atoms with van der Waals surface area (Å²) in [6, 6.07) is 60.0. The third-order valence-corrected chi connectivity index (χ3v) is 10.8. The second-order valence-corrected chi connectivity index (χ2v) is 13.1. The smallest absolute Gasteiger partial charge is 0.0726 e. The third-order valence-electron chi connectivity index (χ3n) is 9.58. The number of thiophene rings is 1. The SMILES string of the molecule is c1ccc(-c2ccc3c(c2)c2c4ccccc4c4c5ccccc5sc4c2n3-c2ccc(-c3cccc4ccccc34)cc2)cc1. The van der Waals surface area contributed by atoms with Gasteiger partial charge in [-0.2, -0.15) is 0 Å². The Morgan fingerprint density at radius 3 is 1.89 bits per heavy atom. The summed E-state index contributed by atoms with van der Waals surface area (Å²) in [6.07, 6.45) is 0. The van der Waals surface area contributed by atoms with Gasteiger partial charge >= 0.3 is 0 Å². The van der Waals surface area contributed by atoms with Gasteiger partial charge in [-0.25, -0.2) is 0 Å². The second-order valence-electron chi connectivity index (χ2n) is 12.1. The van der Waals surface area contributed by atoms with E-state index in [1.165, 1.54) is 91.5 Å². The molecule has 0 N–H and O–H groups in total. The minimum atomic E-state index is 1.17. The van der Waals surface area contributed by atoms with Crippen molar-refractivity contribution in [3.8, 4) is 27.9 Å². The fraction of sp³-hybridized carbons (Fsp3) is 0. The van der Waals surface area contributed by atoms with Gasteiger partial charge in [0.2, 0.25) is 0 Å². The summed E-state index contributed by atoms with van der Waals surface area (Å²) in [7, 11) is 0. The van der Waals surface area contributed by atoms with Gasteiger partial charge in [0.1, 0.15) is 0 Å². The van der Waals surface area contributed by atoms with E-state index in [0.717, 1.165) is 0 Å². The minimum Gasteiger partial charge on any atom is -0.308 e. The first-order valence-electron chi connectivity index (χ1n) is 15.8. The van der Waals surface area contributed by atoms with Crippen LogP contribution in [0.2, 0.25) is 0 Å². The first kappa shape index (κ1) is 25.6. The van der Waals surface area contributed by atoms with Crippen LogP contribution in [0, 0.1) is 0 Å². The van der Waals surface area contributed by atoms with Gasteiger partial charge in [0.15, 0.2) is 0 Å². The Hall–Kier alpha value is -5.70. The Balaban J connectivity index is 1.32. The molecule has 0 spiro atoms. The van der Waals surface area contributed by atoms with Crippen LogP contribution in [0.1, 0.15) is 0 Å². The van der Waals surface area contributed by atoms with E-state index in [2.05, 4.69) is 168 Å². The van der Waals surface area contributed by atoms with E-state index in [9.17, 15) is 0 Å². The molecule has 0 bridgehead atoms. The number of hydrogen-bond donors (Lipinski definition) is 0. The highest BCUT2D eigenvalue weighted by molar-refractivity contribution is 7.27. The molecule has 0 fully saturated rings. The largest absolute Gasteiger partial charge is 0.308 e. The number of rotatable bonds is 3. The van der Waals surface area contributed by atoms with Crippen LogP contribution >= 0.6 is 11.3 Å². The zero-order chi connectivity index (χ0) is 30.2. The molecule has 2 heterocycles. The van der Waals surface area contributed by atoms with Crippen LogP contribution in [0.5, 0.6) is 0 Å². The summed E-state index contributed by atoms with van der Waals surface area (Å²) in [5, 5.41) is 10.4. The van der Waals surface area contributed by atoms with E-state index in [4.69, 9.17) is 0 Å². The van der Waals surface area contributed by atoms with Crippen LogP contribution in [-0.2, 0) is 0 Å². The van der Waals surface area contributed by atoms with Crippen molar-refractivity contribution >= 4 is 74.9 Å². The molecule has 0 atom stereocenters. The molecule has 214 valence electrons. The molecular weight excluding hydrogens is 575 g/mol. The minimum absolute atomic E-state index is 1.17. The van der Waals surface area contributed by atoms with Crippen molar-refractivity contribution in [1.82, 2.24) is 4.57 Å². The maximum Gasteiger partial charge on any atom is 0.0726 e. The summed E-state index contributed by atoms with van der Waals surface area (Å²) >= 11 is 1.91. The van der Waals surface area contributed by atoms with Crippen molar-refractivity contribution in [3.05, 3.63) is 164 Å². The number of benzene rings is 8. The molecular formula is C44H27NS. The normalized spacial score (nSPS) is 11.9. The van der Waals surface area contributed by atoms with Crippen molar-refractivity contribution in [2.24, 2.45) is 0 Å². The molecule has 2 aromatic heterocycles. The van der Waals surface area contributed by atoms with Crippen molar-refractivity contribution in [3.63, 3.8) is 0 Å². The predicted octanol–water partition coefficient (Wildman–Crippen LogP) is 12.8. The molecule has 2 heteroatoms. The van der Waals surface area contributed by atoms with Gasteiger partial charge in [0, 0.05) is 31.9 Å². The van der Waals surface area contributed by atoms with Crippen molar-refractivity contribution in [2.45, 2.75) is 0 Å². The molecule has 0 saturated heterocycles. The number of hydrogen-bond acceptors (Lipinski definition) is 1. The first-order valence-corrected chi connectivity index (χ1v) is 16.6. The third kappa shape index (κ3) is 3.68. The van der Waals surface area contributed by atoms with Crippen LogP contribution in [0.15, 0.2) is 164 Å². The Morgan fingerprint density at radius 1 is 0.413 bits per heavy atom. The second kappa shape index (κ2) is 9.90. The van der Waals surface area contributed by atoms with E-state index >= 15 is 0 Å². The first-order chi connectivity index (χ1) is 22.8. The lowest BCUT2D eigenvalue weighted by atomic mass is 9.97. The van der Waals surface area contributed by atoms with E-state index < -0.39 is 0 Å². The lowest BCUT2D eigenvalue weighted by molar-refractivity contribution is 1.19. The lowest BCUT2D eigenvalue weighted by Crippen LogP contribution is -1.94. The number of nitrogens with zero attached hydrogens (tertiary/aromatic N) is 1. The molecule has 1 nitrogen and oxygen atoms in total. The summed E-state index contributed by atoms with van der Waals surface area (Å²) in [5.41, 5.74) is 8.64. The topological polar surface area (TPSA) is 4.93 Å². The monoisotopic (exact) mass is 601 g/mol. The Kier molecular flexibility index (Phi) is 5.51. The molecule has 0 amide bonds. The van der Waals surface area contributed by atoms with Gasteiger partial charge in [0.05, 0.1) is 15.7 Å². The number of aromatic nitrogens is 1. The molecule has 0 unspecified atom stereocenters. The zero-order valence-corrected chi connectivity index (χ0v) is 25.8. The van der Waals surface area contributed by atoms with Crippen molar-refractivity contribution < 1.29 is 0 Å². The van der Waals surface area contributed by atoms with E-state index in [1.54, 1.807) is 0 Å². The average Bonchev–Trinajstić information content (AvgIpc) is 3.68. The van der Waals surface area contributed by atoms with E-state index in [-0.39, 0.29) is 0 Å². The predicted molar refractivity (Wildman–Crippen MR) is 200 cm³/mol. The van der Waals surface area contributed by atoms with Crippen LogP contribution < -0.4 is 0 Å². The standard InChI is InChI=1S/C44H27NS/c1-2-11-28(12-3-1)31-23-26-39-38(27-31)41-35-16-6-7-17-36(35)42-37-18-8-9-20-40(37)46-44(42)43(41)45(39)32-24-21-30(22-25-32)34-19-10-14-29-13-4-5-15-33(29)34/h1-27H. The van der Waals surface area contributed by atoms with Gasteiger partial charge in [-0.05, 0) is 74.1 Å². The van der Waals surface area contributed by atoms with Crippen LogP contribution in [-0.4, -0.2) is 4.57 Å². The highest BCUT2D eigenvalue weighted by atomic mass is 32.1. The highest BCUT2D eigenvalue weighted by Gasteiger charge is 2.22. The molecule has 0 saturated carbocycles. The summed E-state index contributed by atoms with van der Waals surface area (Å²) in [6.45, 7) is 0. The maximum absolute atomic E-state index is 2.51. The molecule has 0 aliphatic rings. The van der Waals surface area contributed by atoms with Gasteiger partial charge < -0.3 is 4.57 Å². The molecule has 10 rings (SSSR count). The Bertz CT molecular complexity index is 2780. The summed E-state index contributed by atoms with van der Waals surface area (Å²) < 4.78 is 5.17. The van der Waals surface area contributed by atoms with Crippen LogP contribution in [0.4, 0.5) is 0 Å². The molecule has 0 radical (unpaired) electrons. The van der Waals surface area contributed by atoms with E-state index in [1.807, 2.05) is 11.3 Å². The van der Waals surface area contributed by atoms with Crippen molar-refractivity contribution in [2.75, 3.05) is 0 Å². The zero-order valence-electron chi connectivity index (χ0n) is 24.9. The summed E-state index contributed by atoms with van der Waals surface area (Å²) in [5.74, 6) is 0. The molecule has 0 aliphatic carbocycles. The molecule has 46 heavy (non-hydrogen) atoms. The van der Waals surface area contributed by atoms with Gasteiger partial charge in [-0.15, -0.1) is 11.3 Å². The van der Waals surface area contributed by atoms with Gasteiger partial charge in [-0.3, -0.25) is 0 Å². The number of fused-ring (bicyclic) bond motifs is 11. The molecule has 10 aromatic rings. The average molecular weight is 602 g/mol. The van der Waals surface area contributed by atoms with E-state index in [0.29, 0.717) is 0 Å². The Morgan fingerprint density at radius 2 is 1.07 bits per heavy atom. The van der Waals surface area contributed by atoms with Gasteiger partial charge in [0.25, 0.3) is 0 Å². The van der Waals surface area contributed by atoms with Crippen LogP contribution in [0.25, 0.3) is 91.5 Å². The maximum atomic E-state index is 2.51. The quantitative estimate of drug-likeness (QED) is 0.190. The fourth-order valence-corrected chi connectivity index (χ4v) is 8.78. The molecule has 0 aliphatic heterocycles. The Labute approximate surface area is 270 Å². The van der Waals surface area contributed by atoms with Crippen molar-refractivity contribution in [1.29, 1.82) is 0 Å². The lowest BCUT2D eigenvalue weighted by Gasteiger charge is -2.12. The fourth-order valence-electron chi connectivity index (χ4n) is 7.52. The molecule has 8 aromatic carbocycles. The summed E-state index contributed by atoms with van der Waals surface area (Å²) in [4.78, 5) is 0. The van der Waals surface area contributed by atoms with Crippen LogP contribution in [0.3, 0.4) is 0 Å².